The van der Waals surface area contributed by atoms with E-state index < -0.39 is 0 Å². The maximum absolute atomic E-state index is 5.88. The quantitative estimate of drug-likeness (QED) is 0.723. The molecule has 0 aliphatic carbocycles. The van der Waals surface area contributed by atoms with Crippen LogP contribution in [0.3, 0.4) is 0 Å². The Labute approximate surface area is 106 Å². The highest BCUT2D eigenvalue weighted by Gasteiger charge is 2.44. The van der Waals surface area contributed by atoms with Gasteiger partial charge in [-0.2, -0.15) is 0 Å². The average molecular weight is 249 g/mol. The summed E-state index contributed by atoms with van der Waals surface area (Å²) in [5.41, 5.74) is 8.94. The van der Waals surface area contributed by atoms with E-state index in [0.29, 0.717) is 19.8 Å². The highest BCUT2D eigenvalue weighted by Crippen LogP contribution is 2.36. The molecule has 2 N–H and O–H groups in total. The second kappa shape index (κ2) is 4.89. The van der Waals surface area contributed by atoms with Crippen molar-refractivity contribution in [3.8, 4) is 0 Å². The minimum atomic E-state index is -0.347. The standard InChI is InChI=1S/C12H16BNO4/c1-15-7-11-10-6-16-3-2-8-4-9(5-14)17-13(18-11)12(8)10/h2-4,9,11H,5-7,14H2,1H3. The third kappa shape index (κ3) is 1.91. The molecule has 3 aliphatic heterocycles. The first-order valence-electron chi connectivity index (χ1n) is 6.06. The maximum Gasteiger partial charge on any atom is 0.495 e. The van der Waals surface area contributed by atoms with E-state index in [1.54, 1.807) is 13.4 Å². The van der Waals surface area contributed by atoms with E-state index in [1.807, 2.05) is 12.2 Å². The molecule has 2 unspecified atom stereocenters. The highest BCUT2D eigenvalue weighted by molar-refractivity contribution is 6.57. The maximum atomic E-state index is 5.88. The smallest absolute Gasteiger partial charge is 0.495 e. The number of hydrogen-bond acceptors (Lipinski definition) is 5. The Balaban J connectivity index is 1.98. The summed E-state index contributed by atoms with van der Waals surface area (Å²) >= 11 is 0. The van der Waals surface area contributed by atoms with E-state index in [1.165, 1.54) is 0 Å². The van der Waals surface area contributed by atoms with Gasteiger partial charge in [-0.05, 0) is 28.8 Å². The van der Waals surface area contributed by atoms with Crippen molar-refractivity contribution in [3.63, 3.8) is 0 Å². The predicted molar refractivity (Wildman–Crippen MR) is 66.6 cm³/mol. The van der Waals surface area contributed by atoms with Crippen molar-refractivity contribution in [2.75, 3.05) is 26.9 Å². The van der Waals surface area contributed by atoms with Gasteiger partial charge in [-0.15, -0.1) is 0 Å². The number of rotatable bonds is 3. The predicted octanol–water partition coefficient (Wildman–Crippen LogP) is 0.183. The molecule has 3 aliphatic rings. The van der Waals surface area contributed by atoms with Gasteiger partial charge in [-0.1, -0.05) is 0 Å². The van der Waals surface area contributed by atoms with Crippen molar-refractivity contribution in [1.29, 1.82) is 0 Å². The van der Waals surface area contributed by atoms with Crippen LogP contribution in [-0.4, -0.2) is 46.2 Å². The first-order chi connectivity index (χ1) is 8.83. The number of hydrogen-bond donors (Lipinski definition) is 1. The summed E-state index contributed by atoms with van der Waals surface area (Å²) in [5.74, 6) is 0. The van der Waals surface area contributed by atoms with Gasteiger partial charge < -0.3 is 24.5 Å². The summed E-state index contributed by atoms with van der Waals surface area (Å²) in [6.07, 6.45) is 5.47. The number of allylic oxidation sites excluding steroid dienone is 3. The number of methoxy groups -OCH3 is 1. The van der Waals surface area contributed by atoms with Crippen LogP contribution in [0, 0.1) is 0 Å². The summed E-state index contributed by atoms with van der Waals surface area (Å²) in [6.45, 7) is 1.46. The lowest BCUT2D eigenvalue weighted by atomic mass is 9.70. The largest absolute Gasteiger partial charge is 0.497 e. The minimum absolute atomic E-state index is 0.102. The first kappa shape index (κ1) is 12.0. The van der Waals surface area contributed by atoms with Gasteiger partial charge in [0.2, 0.25) is 0 Å². The SMILES string of the molecule is COCC1OB2OC(CN)C=C3C=COCC1=C23. The Morgan fingerprint density at radius 2 is 2.39 bits per heavy atom. The normalized spacial score (nSPS) is 29.9. The zero-order valence-corrected chi connectivity index (χ0v) is 10.3. The molecule has 0 fully saturated rings. The molecule has 0 bridgehead atoms. The van der Waals surface area contributed by atoms with E-state index in [4.69, 9.17) is 24.5 Å². The molecule has 0 radical (unpaired) electrons. The van der Waals surface area contributed by atoms with E-state index in [2.05, 4.69) is 0 Å². The Kier molecular flexibility index (Phi) is 3.26. The summed E-state index contributed by atoms with van der Waals surface area (Å²) in [6, 6.07) is 0. The molecule has 18 heavy (non-hydrogen) atoms. The molecule has 6 heteroatoms. The van der Waals surface area contributed by atoms with Gasteiger partial charge in [0.25, 0.3) is 0 Å². The molecular weight excluding hydrogens is 233 g/mol. The van der Waals surface area contributed by atoms with E-state index in [-0.39, 0.29) is 19.3 Å². The van der Waals surface area contributed by atoms with Crippen molar-refractivity contribution in [3.05, 3.63) is 35.0 Å². The molecule has 0 saturated heterocycles. The first-order valence-corrected chi connectivity index (χ1v) is 6.06. The van der Waals surface area contributed by atoms with Gasteiger partial charge in [0.05, 0.1) is 25.1 Å². The van der Waals surface area contributed by atoms with Crippen LogP contribution in [0.15, 0.2) is 35.0 Å². The molecule has 0 aromatic carbocycles. The molecule has 5 nitrogen and oxygen atoms in total. The van der Waals surface area contributed by atoms with Crippen molar-refractivity contribution in [2.24, 2.45) is 5.73 Å². The van der Waals surface area contributed by atoms with Crippen LogP contribution in [0.5, 0.6) is 0 Å². The van der Waals surface area contributed by atoms with Crippen LogP contribution < -0.4 is 5.73 Å². The zero-order chi connectivity index (χ0) is 12.5. The Bertz CT molecular complexity index is 432. The monoisotopic (exact) mass is 249 g/mol. The second-order valence-corrected chi connectivity index (χ2v) is 4.50. The van der Waals surface area contributed by atoms with Crippen LogP contribution in [0.25, 0.3) is 0 Å². The van der Waals surface area contributed by atoms with Crippen molar-refractivity contribution in [2.45, 2.75) is 12.2 Å². The van der Waals surface area contributed by atoms with Gasteiger partial charge in [0.1, 0.15) is 6.61 Å². The van der Waals surface area contributed by atoms with Crippen molar-refractivity contribution in [1.82, 2.24) is 0 Å². The average Bonchev–Trinajstić information content (AvgIpc) is 2.58. The topological polar surface area (TPSA) is 62.9 Å². The second-order valence-electron chi connectivity index (χ2n) is 4.50. The lowest BCUT2D eigenvalue weighted by Gasteiger charge is -2.24. The summed E-state index contributed by atoms with van der Waals surface area (Å²) in [7, 11) is 1.31. The molecule has 96 valence electrons. The number of ether oxygens (including phenoxy) is 2. The third-order valence-corrected chi connectivity index (χ3v) is 3.37. The fourth-order valence-electron chi connectivity index (χ4n) is 2.52. The molecule has 0 saturated carbocycles. The summed E-state index contributed by atoms with van der Waals surface area (Å²) in [5, 5.41) is 0. The lowest BCUT2D eigenvalue weighted by Crippen LogP contribution is -2.37. The van der Waals surface area contributed by atoms with Crippen LogP contribution >= 0.6 is 0 Å². The minimum Gasteiger partial charge on any atom is -0.497 e. The molecule has 3 heterocycles. The van der Waals surface area contributed by atoms with E-state index in [0.717, 1.165) is 16.6 Å². The molecular formula is C12H16BNO4. The molecule has 2 atom stereocenters. The highest BCUT2D eigenvalue weighted by atomic mass is 16.6. The van der Waals surface area contributed by atoms with Crippen molar-refractivity contribution < 1.29 is 18.8 Å². The van der Waals surface area contributed by atoms with Crippen molar-refractivity contribution >= 4 is 7.12 Å². The summed E-state index contributed by atoms with van der Waals surface area (Å²) < 4.78 is 22.3. The van der Waals surface area contributed by atoms with Gasteiger partial charge in [0.15, 0.2) is 0 Å². The van der Waals surface area contributed by atoms with E-state index in [9.17, 15) is 0 Å². The number of nitrogens with two attached hydrogens (primary N) is 1. The Morgan fingerprint density at radius 3 is 3.17 bits per heavy atom. The van der Waals surface area contributed by atoms with Crippen LogP contribution in [0.2, 0.25) is 0 Å². The molecule has 0 spiro atoms. The lowest BCUT2D eigenvalue weighted by molar-refractivity contribution is 0.0759. The van der Waals surface area contributed by atoms with Crippen LogP contribution in [-0.2, 0) is 18.8 Å². The fourth-order valence-corrected chi connectivity index (χ4v) is 2.52. The molecule has 0 aromatic heterocycles. The zero-order valence-electron chi connectivity index (χ0n) is 10.3. The van der Waals surface area contributed by atoms with E-state index >= 15 is 0 Å². The van der Waals surface area contributed by atoms with Gasteiger partial charge in [-0.3, -0.25) is 0 Å². The van der Waals surface area contributed by atoms with Gasteiger partial charge in [-0.25, -0.2) is 0 Å². The van der Waals surface area contributed by atoms with Gasteiger partial charge in [0, 0.05) is 13.7 Å². The molecule has 0 amide bonds. The third-order valence-electron chi connectivity index (χ3n) is 3.37. The van der Waals surface area contributed by atoms with Crippen LogP contribution in [0.1, 0.15) is 0 Å². The molecule has 0 aromatic rings. The summed E-state index contributed by atoms with van der Waals surface area (Å²) in [4.78, 5) is 0. The fraction of sp³-hybridized carbons (Fsp3) is 0.500. The Hall–Kier alpha value is -1.08. The van der Waals surface area contributed by atoms with Gasteiger partial charge >= 0.3 is 7.12 Å². The van der Waals surface area contributed by atoms with Crippen LogP contribution in [0.4, 0.5) is 0 Å². The molecule has 3 rings (SSSR count). The Morgan fingerprint density at radius 1 is 1.50 bits per heavy atom.